The lowest BCUT2D eigenvalue weighted by molar-refractivity contribution is -0.141. The maximum Gasteiger partial charge on any atom is 0.435 e. The van der Waals surface area contributed by atoms with Gasteiger partial charge in [0.1, 0.15) is 0 Å². The van der Waals surface area contributed by atoms with Gasteiger partial charge < -0.3 is 5.32 Å². The van der Waals surface area contributed by atoms with Crippen LogP contribution in [0.5, 0.6) is 0 Å². The molecular formula is C10H16F3N3. The summed E-state index contributed by atoms with van der Waals surface area (Å²) in [6.07, 6.45) is -1.20. The number of nitrogens with zero attached hydrogens (tertiary/aromatic N) is 2. The summed E-state index contributed by atoms with van der Waals surface area (Å²) in [6.45, 7) is 4.36. The van der Waals surface area contributed by atoms with Gasteiger partial charge in [-0.1, -0.05) is 6.92 Å². The van der Waals surface area contributed by atoms with Crippen molar-refractivity contribution >= 4 is 0 Å². The van der Waals surface area contributed by atoms with Crippen LogP contribution in [0.15, 0.2) is 12.3 Å². The lowest BCUT2D eigenvalue weighted by Gasteiger charge is -2.03. The monoisotopic (exact) mass is 235 g/mol. The lowest BCUT2D eigenvalue weighted by atomic mass is 10.3. The molecule has 1 rings (SSSR count). The van der Waals surface area contributed by atoms with Crippen molar-refractivity contribution in [3.63, 3.8) is 0 Å². The predicted octanol–water partition coefficient (Wildman–Crippen LogP) is 2.29. The van der Waals surface area contributed by atoms with E-state index in [4.69, 9.17) is 0 Å². The number of nitrogens with one attached hydrogen (secondary N) is 1. The first-order chi connectivity index (χ1) is 7.54. The molecule has 0 spiro atoms. The molecule has 1 aromatic rings. The van der Waals surface area contributed by atoms with Gasteiger partial charge in [-0.05, 0) is 32.0 Å². The fourth-order valence-electron chi connectivity index (χ4n) is 1.34. The molecule has 0 saturated heterocycles. The number of hydrogen-bond donors (Lipinski definition) is 1. The minimum atomic E-state index is -4.34. The smallest absolute Gasteiger partial charge is 0.317 e. The molecule has 0 aromatic carbocycles. The minimum Gasteiger partial charge on any atom is -0.317 e. The van der Waals surface area contributed by atoms with E-state index in [1.54, 1.807) is 0 Å². The Morgan fingerprint density at radius 1 is 1.38 bits per heavy atom. The topological polar surface area (TPSA) is 29.9 Å². The van der Waals surface area contributed by atoms with Crippen LogP contribution in [0.3, 0.4) is 0 Å². The van der Waals surface area contributed by atoms with Gasteiger partial charge in [-0.15, -0.1) is 0 Å². The predicted molar refractivity (Wildman–Crippen MR) is 55.0 cm³/mol. The molecule has 0 atom stereocenters. The number of rotatable bonds is 6. The van der Waals surface area contributed by atoms with Crippen molar-refractivity contribution in [2.24, 2.45) is 0 Å². The summed E-state index contributed by atoms with van der Waals surface area (Å²) in [4.78, 5) is 0. The van der Waals surface area contributed by atoms with Crippen LogP contribution in [0.4, 0.5) is 13.2 Å². The average Bonchev–Trinajstić information content (AvgIpc) is 2.65. The van der Waals surface area contributed by atoms with E-state index in [-0.39, 0.29) is 0 Å². The van der Waals surface area contributed by atoms with Gasteiger partial charge in [0.05, 0.1) is 0 Å². The van der Waals surface area contributed by atoms with Gasteiger partial charge >= 0.3 is 6.18 Å². The number of hydrogen-bond acceptors (Lipinski definition) is 2. The van der Waals surface area contributed by atoms with Crippen LogP contribution in [0.1, 0.15) is 25.5 Å². The van der Waals surface area contributed by atoms with Crippen molar-refractivity contribution in [2.75, 3.05) is 13.1 Å². The van der Waals surface area contributed by atoms with Gasteiger partial charge in [0.2, 0.25) is 0 Å². The van der Waals surface area contributed by atoms with Gasteiger partial charge in [-0.2, -0.15) is 18.3 Å². The summed E-state index contributed by atoms with van der Waals surface area (Å²) in [5, 5.41) is 6.62. The molecule has 1 aromatic heterocycles. The highest BCUT2D eigenvalue weighted by Crippen LogP contribution is 2.27. The van der Waals surface area contributed by atoms with Crippen LogP contribution in [0.25, 0.3) is 0 Å². The molecule has 0 aliphatic heterocycles. The molecule has 1 N–H and O–H groups in total. The number of halogens is 3. The highest BCUT2D eigenvalue weighted by atomic mass is 19.4. The molecule has 1 heterocycles. The molecule has 0 saturated carbocycles. The number of aromatic nitrogens is 2. The van der Waals surface area contributed by atoms with E-state index in [9.17, 15) is 13.2 Å². The van der Waals surface area contributed by atoms with Crippen LogP contribution in [0, 0.1) is 0 Å². The first-order valence-electron chi connectivity index (χ1n) is 5.35. The normalized spacial score (nSPS) is 12.0. The summed E-state index contributed by atoms with van der Waals surface area (Å²) in [5.41, 5.74) is -0.820. The zero-order chi connectivity index (χ0) is 12.0. The quantitative estimate of drug-likeness (QED) is 0.767. The van der Waals surface area contributed by atoms with Crippen molar-refractivity contribution in [1.29, 1.82) is 0 Å². The van der Waals surface area contributed by atoms with Gasteiger partial charge in [-0.25, -0.2) is 0 Å². The van der Waals surface area contributed by atoms with E-state index < -0.39 is 11.9 Å². The molecule has 0 radical (unpaired) electrons. The van der Waals surface area contributed by atoms with Gasteiger partial charge in [0, 0.05) is 12.7 Å². The molecule has 0 bridgehead atoms. The average molecular weight is 235 g/mol. The Morgan fingerprint density at radius 3 is 2.69 bits per heavy atom. The SMILES string of the molecule is CCNCCCCn1ccc(C(F)(F)F)n1. The third kappa shape index (κ3) is 4.22. The van der Waals surface area contributed by atoms with Gasteiger partial charge in [0.25, 0.3) is 0 Å². The van der Waals surface area contributed by atoms with E-state index in [1.165, 1.54) is 10.9 Å². The van der Waals surface area contributed by atoms with E-state index in [0.717, 1.165) is 32.0 Å². The Kier molecular flexibility index (Phi) is 4.79. The number of alkyl halides is 3. The molecular weight excluding hydrogens is 219 g/mol. The van der Waals surface area contributed by atoms with Crippen molar-refractivity contribution in [3.05, 3.63) is 18.0 Å². The molecule has 0 amide bonds. The van der Waals surface area contributed by atoms with Crippen molar-refractivity contribution < 1.29 is 13.2 Å². The second-order valence-corrected chi connectivity index (χ2v) is 3.52. The highest BCUT2D eigenvalue weighted by molar-refractivity contribution is 5.03. The summed E-state index contributed by atoms with van der Waals surface area (Å²) >= 11 is 0. The van der Waals surface area contributed by atoms with E-state index >= 15 is 0 Å². The first-order valence-corrected chi connectivity index (χ1v) is 5.35. The Bertz CT molecular complexity index is 307. The fourth-order valence-corrected chi connectivity index (χ4v) is 1.34. The molecule has 3 nitrogen and oxygen atoms in total. The van der Waals surface area contributed by atoms with Crippen molar-refractivity contribution in [2.45, 2.75) is 32.5 Å². The molecule has 0 aliphatic carbocycles. The van der Waals surface area contributed by atoms with E-state index in [0.29, 0.717) is 6.54 Å². The lowest BCUT2D eigenvalue weighted by Crippen LogP contribution is -2.14. The van der Waals surface area contributed by atoms with Crippen LogP contribution >= 0.6 is 0 Å². The molecule has 16 heavy (non-hydrogen) atoms. The summed E-state index contributed by atoms with van der Waals surface area (Å²) in [5.74, 6) is 0. The summed E-state index contributed by atoms with van der Waals surface area (Å²) < 4.78 is 38.0. The first kappa shape index (κ1) is 13.0. The third-order valence-corrected chi connectivity index (χ3v) is 2.17. The fraction of sp³-hybridized carbons (Fsp3) is 0.700. The van der Waals surface area contributed by atoms with E-state index in [2.05, 4.69) is 10.4 Å². The number of aryl methyl sites for hydroxylation is 1. The maximum atomic E-state index is 12.2. The molecule has 0 fully saturated rings. The van der Waals surface area contributed by atoms with Crippen LogP contribution in [0.2, 0.25) is 0 Å². The maximum absolute atomic E-state index is 12.2. The van der Waals surface area contributed by atoms with Gasteiger partial charge in [0.15, 0.2) is 5.69 Å². The number of unbranched alkanes of at least 4 members (excludes halogenated alkanes) is 1. The molecule has 0 aliphatic rings. The standard InChI is InChI=1S/C10H16F3N3/c1-2-14-6-3-4-7-16-8-5-9(15-16)10(11,12)13/h5,8,14H,2-4,6-7H2,1H3. The Labute approximate surface area is 92.6 Å². The zero-order valence-electron chi connectivity index (χ0n) is 9.22. The Hall–Kier alpha value is -1.04. The zero-order valence-corrected chi connectivity index (χ0v) is 9.22. The van der Waals surface area contributed by atoms with Crippen LogP contribution in [-0.2, 0) is 12.7 Å². The summed E-state index contributed by atoms with van der Waals surface area (Å²) in [6, 6.07) is 1.00. The highest BCUT2D eigenvalue weighted by Gasteiger charge is 2.33. The Balaban J connectivity index is 2.30. The second kappa shape index (κ2) is 5.89. The molecule has 6 heteroatoms. The van der Waals surface area contributed by atoms with Crippen LogP contribution in [-0.4, -0.2) is 22.9 Å². The van der Waals surface area contributed by atoms with Crippen LogP contribution < -0.4 is 5.32 Å². The largest absolute Gasteiger partial charge is 0.435 e. The second-order valence-electron chi connectivity index (χ2n) is 3.52. The molecule has 0 unspecified atom stereocenters. The Morgan fingerprint density at radius 2 is 2.12 bits per heavy atom. The van der Waals surface area contributed by atoms with Crippen molar-refractivity contribution in [3.8, 4) is 0 Å². The summed E-state index contributed by atoms with van der Waals surface area (Å²) in [7, 11) is 0. The molecule has 92 valence electrons. The van der Waals surface area contributed by atoms with Crippen molar-refractivity contribution in [1.82, 2.24) is 15.1 Å². The minimum absolute atomic E-state index is 0.529. The van der Waals surface area contributed by atoms with E-state index in [1.807, 2.05) is 6.92 Å². The third-order valence-electron chi connectivity index (χ3n) is 2.17. The van der Waals surface area contributed by atoms with Gasteiger partial charge in [-0.3, -0.25) is 4.68 Å².